The van der Waals surface area contributed by atoms with Gasteiger partial charge in [-0.2, -0.15) is 4.98 Å². The molecule has 2 N–H and O–H groups in total. The van der Waals surface area contributed by atoms with Gasteiger partial charge in [-0.05, 0) is 51.5 Å². The summed E-state index contributed by atoms with van der Waals surface area (Å²) in [6.45, 7) is 8.20. The van der Waals surface area contributed by atoms with Gasteiger partial charge in [0.2, 0.25) is 11.7 Å². The minimum absolute atomic E-state index is 0.0147. The molecule has 192 valence electrons. The summed E-state index contributed by atoms with van der Waals surface area (Å²) in [5, 5.41) is 9.91. The number of nitrogens with zero attached hydrogens (tertiary/aromatic N) is 4. The minimum atomic E-state index is -0.642. The van der Waals surface area contributed by atoms with Crippen molar-refractivity contribution in [3.05, 3.63) is 65.9 Å². The van der Waals surface area contributed by atoms with E-state index in [1.165, 1.54) is 6.20 Å². The van der Waals surface area contributed by atoms with Crippen LogP contribution in [0.3, 0.4) is 0 Å². The van der Waals surface area contributed by atoms with Gasteiger partial charge < -0.3 is 24.6 Å². The van der Waals surface area contributed by atoms with Gasteiger partial charge in [-0.1, -0.05) is 23.4 Å². The van der Waals surface area contributed by atoms with Crippen molar-refractivity contribution in [3.63, 3.8) is 0 Å². The summed E-state index contributed by atoms with van der Waals surface area (Å²) in [7, 11) is 0. The van der Waals surface area contributed by atoms with E-state index in [1.807, 2.05) is 37.3 Å². The smallest absolute Gasteiger partial charge is 0.408 e. The van der Waals surface area contributed by atoms with E-state index >= 15 is 0 Å². The van der Waals surface area contributed by atoms with Gasteiger partial charge >= 0.3 is 6.09 Å². The molecule has 0 bridgehead atoms. The second-order valence-corrected chi connectivity index (χ2v) is 9.93. The molecule has 4 heterocycles. The number of carbonyl (C=O) groups excluding carboxylic acids is 2. The number of hydrogen-bond acceptors (Lipinski definition) is 8. The molecule has 5 rings (SSSR count). The maximum absolute atomic E-state index is 13.0. The fourth-order valence-electron chi connectivity index (χ4n) is 3.92. The summed E-state index contributed by atoms with van der Waals surface area (Å²) in [6, 6.07) is 10.5. The highest BCUT2D eigenvalue weighted by Crippen LogP contribution is 2.30. The van der Waals surface area contributed by atoms with E-state index in [4.69, 9.17) is 14.0 Å². The molecule has 0 spiro atoms. The number of pyridine rings is 1. The second-order valence-electron chi connectivity index (χ2n) is 9.93. The summed E-state index contributed by atoms with van der Waals surface area (Å²) in [4.78, 5) is 34.3. The molecular weight excluding hydrogens is 476 g/mol. The van der Waals surface area contributed by atoms with Crippen LogP contribution in [-0.2, 0) is 9.47 Å². The number of alkyl carbamates (subject to hydrolysis) is 1. The highest BCUT2D eigenvalue weighted by atomic mass is 16.6. The Morgan fingerprint density at radius 2 is 2.00 bits per heavy atom. The van der Waals surface area contributed by atoms with E-state index in [-0.39, 0.29) is 17.7 Å². The molecule has 1 aromatic carbocycles. The topological polar surface area (TPSA) is 133 Å². The Bertz CT molecular complexity index is 1450. The van der Waals surface area contributed by atoms with Crippen LogP contribution in [0, 0.1) is 12.8 Å². The predicted molar refractivity (Wildman–Crippen MR) is 134 cm³/mol. The molecule has 1 aliphatic rings. The number of hydrogen-bond donors (Lipinski definition) is 2. The van der Waals surface area contributed by atoms with Gasteiger partial charge in [-0.15, -0.1) is 0 Å². The molecule has 4 aromatic rings. The van der Waals surface area contributed by atoms with Crippen molar-refractivity contribution in [2.45, 2.75) is 39.3 Å². The van der Waals surface area contributed by atoms with E-state index in [0.717, 1.165) is 5.56 Å². The number of aromatic nitrogens is 4. The van der Waals surface area contributed by atoms with Gasteiger partial charge in [-0.3, -0.25) is 9.20 Å². The molecule has 0 saturated carbocycles. The lowest BCUT2D eigenvalue weighted by Gasteiger charge is -2.32. The van der Waals surface area contributed by atoms with E-state index in [9.17, 15) is 9.59 Å². The van der Waals surface area contributed by atoms with Crippen molar-refractivity contribution < 1.29 is 23.6 Å². The van der Waals surface area contributed by atoms with Crippen LogP contribution in [0.15, 0.2) is 53.3 Å². The summed E-state index contributed by atoms with van der Waals surface area (Å²) < 4.78 is 18.0. The Kier molecular flexibility index (Phi) is 6.38. The van der Waals surface area contributed by atoms with Gasteiger partial charge in [0.1, 0.15) is 23.0 Å². The number of imidazole rings is 1. The summed E-state index contributed by atoms with van der Waals surface area (Å²) in [5.41, 5.74) is 2.58. The van der Waals surface area contributed by atoms with Crippen LogP contribution >= 0.6 is 0 Å². The average molecular weight is 505 g/mol. The zero-order valence-electron chi connectivity index (χ0n) is 21.0. The number of anilines is 1. The van der Waals surface area contributed by atoms with Crippen molar-refractivity contribution in [1.82, 2.24) is 24.8 Å². The number of amides is 2. The SMILES string of the molecule is Cc1ccc(-c2noc(C(NC(=O)OC(C)(C)C)C3COC3)n2)cc1NC(=O)c1cnc2ccccn12. The zero-order chi connectivity index (χ0) is 26.2. The number of aryl methyl sites for hydroxylation is 1. The molecule has 1 saturated heterocycles. The maximum atomic E-state index is 13.0. The molecule has 1 fully saturated rings. The number of fused-ring (bicyclic) bond motifs is 1. The van der Waals surface area contributed by atoms with E-state index in [0.29, 0.717) is 41.6 Å². The monoisotopic (exact) mass is 504 g/mol. The second kappa shape index (κ2) is 9.66. The molecule has 37 heavy (non-hydrogen) atoms. The fraction of sp³-hybridized carbons (Fsp3) is 0.346. The number of rotatable bonds is 6. The highest BCUT2D eigenvalue weighted by Gasteiger charge is 2.36. The van der Waals surface area contributed by atoms with Gasteiger partial charge in [0.15, 0.2) is 0 Å². The van der Waals surface area contributed by atoms with Gasteiger partial charge in [0.25, 0.3) is 5.91 Å². The molecule has 1 atom stereocenters. The first-order chi connectivity index (χ1) is 17.7. The average Bonchev–Trinajstić information content (AvgIpc) is 3.45. The quantitative estimate of drug-likeness (QED) is 0.400. The Hall–Kier alpha value is -4.25. The van der Waals surface area contributed by atoms with Crippen LogP contribution in [0.1, 0.15) is 48.8 Å². The zero-order valence-corrected chi connectivity index (χ0v) is 21.0. The molecule has 1 aliphatic heterocycles. The molecule has 0 aliphatic carbocycles. The normalized spacial score (nSPS) is 14.7. The number of benzene rings is 1. The Morgan fingerprint density at radius 3 is 2.73 bits per heavy atom. The lowest BCUT2D eigenvalue weighted by molar-refractivity contribution is -0.0561. The van der Waals surface area contributed by atoms with Crippen molar-refractivity contribution in [2.75, 3.05) is 18.5 Å². The Morgan fingerprint density at radius 1 is 1.19 bits per heavy atom. The van der Waals surface area contributed by atoms with E-state index < -0.39 is 17.7 Å². The van der Waals surface area contributed by atoms with Crippen LogP contribution in [-0.4, -0.2) is 50.3 Å². The lowest BCUT2D eigenvalue weighted by atomic mass is 9.98. The molecular formula is C26H28N6O5. The first kappa shape index (κ1) is 24.4. The first-order valence-electron chi connectivity index (χ1n) is 11.9. The predicted octanol–water partition coefficient (Wildman–Crippen LogP) is 4.16. The van der Waals surface area contributed by atoms with Gasteiger partial charge in [0, 0.05) is 23.4 Å². The standard InChI is InChI=1S/C26H28N6O5/c1-15-8-9-16(11-18(15)28-23(33)19-12-27-20-7-5-6-10-32(19)20)22-30-24(37-31-22)21(17-13-35-14-17)29-25(34)36-26(2,3)4/h5-12,17,21H,13-14H2,1-4H3,(H,28,33)(H,29,34). The third-order valence-corrected chi connectivity index (χ3v) is 5.91. The van der Waals surface area contributed by atoms with Crippen molar-refractivity contribution in [2.24, 2.45) is 5.92 Å². The minimum Gasteiger partial charge on any atom is -0.444 e. The fourth-order valence-corrected chi connectivity index (χ4v) is 3.92. The highest BCUT2D eigenvalue weighted by molar-refractivity contribution is 6.04. The van der Waals surface area contributed by atoms with E-state index in [1.54, 1.807) is 37.4 Å². The molecule has 1 unspecified atom stereocenters. The molecule has 0 radical (unpaired) electrons. The van der Waals surface area contributed by atoms with Crippen LogP contribution in [0.25, 0.3) is 17.0 Å². The summed E-state index contributed by atoms with van der Waals surface area (Å²) in [6.07, 6.45) is 2.75. The molecule has 11 heteroatoms. The maximum Gasteiger partial charge on any atom is 0.408 e. The van der Waals surface area contributed by atoms with Crippen molar-refractivity contribution in [3.8, 4) is 11.4 Å². The van der Waals surface area contributed by atoms with Crippen LogP contribution < -0.4 is 10.6 Å². The molecule has 3 aromatic heterocycles. The van der Waals surface area contributed by atoms with Crippen molar-refractivity contribution >= 4 is 23.3 Å². The van der Waals surface area contributed by atoms with Crippen LogP contribution in [0.2, 0.25) is 0 Å². The van der Waals surface area contributed by atoms with Crippen LogP contribution in [0.4, 0.5) is 10.5 Å². The largest absolute Gasteiger partial charge is 0.444 e. The van der Waals surface area contributed by atoms with Crippen molar-refractivity contribution in [1.29, 1.82) is 0 Å². The van der Waals surface area contributed by atoms with E-state index in [2.05, 4.69) is 25.8 Å². The third-order valence-electron chi connectivity index (χ3n) is 5.91. The van der Waals surface area contributed by atoms with Gasteiger partial charge in [-0.25, -0.2) is 9.78 Å². The third kappa shape index (κ3) is 5.31. The molecule has 2 amide bonds. The Balaban J connectivity index is 1.36. The first-order valence-corrected chi connectivity index (χ1v) is 11.9. The molecule has 11 nitrogen and oxygen atoms in total. The summed E-state index contributed by atoms with van der Waals surface area (Å²) >= 11 is 0. The number of nitrogens with one attached hydrogen (secondary N) is 2. The van der Waals surface area contributed by atoms with Gasteiger partial charge in [0.05, 0.1) is 19.4 Å². The van der Waals surface area contributed by atoms with Crippen LogP contribution in [0.5, 0.6) is 0 Å². The summed E-state index contributed by atoms with van der Waals surface area (Å²) in [5.74, 6) is 0.279. The number of carbonyl (C=O) groups is 2. The Labute approximate surface area is 213 Å². The lowest BCUT2D eigenvalue weighted by Crippen LogP contribution is -2.44. The number of ether oxygens (including phenoxy) is 2.